The highest BCUT2D eigenvalue weighted by Gasteiger charge is 2.49. The Bertz CT molecular complexity index is 1050. The van der Waals surface area contributed by atoms with E-state index in [1.807, 2.05) is 60.7 Å². The molecule has 8 nitrogen and oxygen atoms in total. The molecule has 2 aromatic rings. The molecule has 212 valence electrons. The van der Waals surface area contributed by atoms with Crippen molar-refractivity contribution in [3.8, 4) is 0 Å². The van der Waals surface area contributed by atoms with E-state index in [1.54, 1.807) is 0 Å². The van der Waals surface area contributed by atoms with Crippen molar-refractivity contribution in [1.82, 2.24) is 0 Å². The number of benzene rings is 2. The van der Waals surface area contributed by atoms with Gasteiger partial charge in [0.05, 0.1) is 31.5 Å². The lowest BCUT2D eigenvalue weighted by atomic mass is 9.91. The van der Waals surface area contributed by atoms with E-state index in [2.05, 4.69) is 6.92 Å². The molecule has 4 aliphatic rings. The van der Waals surface area contributed by atoms with E-state index in [1.165, 1.54) is 6.92 Å². The van der Waals surface area contributed by atoms with Gasteiger partial charge in [0.2, 0.25) is 0 Å². The maximum atomic E-state index is 11.3. The first-order chi connectivity index (χ1) is 19.0. The van der Waals surface area contributed by atoms with Crippen LogP contribution in [0.5, 0.6) is 0 Å². The van der Waals surface area contributed by atoms with Crippen LogP contribution >= 0.6 is 0 Å². The minimum absolute atomic E-state index is 0.00887. The predicted octanol–water partition coefficient (Wildman–Crippen LogP) is 4.17. The van der Waals surface area contributed by atoms with Crippen LogP contribution in [0.4, 0.5) is 0 Å². The van der Waals surface area contributed by atoms with Gasteiger partial charge in [0.1, 0.15) is 6.10 Å². The van der Waals surface area contributed by atoms with Crippen molar-refractivity contribution < 1.29 is 38.7 Å². The second kappa shape index (κ2) is 12.9. The zero-order valence-corrected chi connectivity index (χ0v) is 22.6. The first-order valence-corrected chi connectivity index (χ1v) is 14.1. The number of hydrogen-bond acceptors (Lipinski definition) is 8. The second-order valence-electron chi connectivity index (χ2n) is 10.9. The molecule has 2 saturated heterocycles. The Hall–Kier alpha value is -2.33. The minimum Gasteiger partial charge on any atom is -0.462 e. The lowest BCUT2D eigenvalue weighted by Gasteiger charge is -2.34. The molecule has 2 N–H and O–H groups in total. The molecule has 39 heavy (non-hydrogen) atoms. The van der Waals surface area contributed by atoms with Crippen LogP contribution in [-0.2, 0) is 28.5 Å². The number of rotatable bonds is 5. The summed E-state index contributed by atoms with van der Waals surface area (Å²) in [6.45, 7) is 4.80. The Kier molecular flexibility index (Phi) is 9.32. The number of aliphatic hydroxyl groups is 2. The van der Waals surface area contributed by atoms with Crippen LogP contribution in [0.15, 0.2) is 60.7 Å². The van der Waals surface area contributed by atoms with Crippen molar-refractivity contribution >= 4 is 5.97 Å². The monoisotopic (exact) mass is 540 g/mol. The molecule has 0 spiro atoms. The molecule has 0 amide bonds. The fraction of sp³-hybridized carbons (Fsp3) is 0.581. The number of fused-ring (bicyclic) bond motifs is 2. The van der Waals surface area contributed by atoms with Crippen molar-refractivity contribution in [2.75, 3.05) is 19.8 Å². The quantitative estimate of drug-likeness (QED) is 0.545. The van der Waals surface area contributed by atoms with Gasteiger partial charge in [-0.05, 0) is 6.42 Å². The second-order valence-corrected chi connectivity index (χ2v) is 10.9. The average molecular weight is 541 g/mol. The summed E-state index contributed by atoms with van der Waals surface area (Å²) < 4.78 is 29.1. The summed E-state index contributed by atoms with van der Waals surface area (Å²) in [5, 5.41) is 19.2. The first-order valence-electron chi connectivity index (χ1n) is 14.1. The van der Waals surface area contributed by atoms with Crippen molar-refractivity contribution in [2.24, 2.45) is 23.7 Å². The summed E-state index contributed by atoms with van der Waals surface area (Å²) in [6, 6.07) is 19.8. The SMILES string of the molecule is CC[C@H]1[C@@H]2COC(c3ccccc3)O[C@H]2C[C@H]1OC(C)=O.OC[C@H]1[C@@H]2COC(c3ccccc3)O[C@H]2C[C@H]1O. The van der Waals surface area contributed by atoms with E-state index in [0.29, 0.717) is 31.5 Å². The van der Waals surface area contributed by atoms with E-state index in [4.69, 9.17) is 23.7 Å². The van der Waals surface area contributed by atoms with E-state index < -0.39 is 6.10 Å². The van der Waals surface area contributed by atoms with Crippen LogP contribution < -0.4 is 0 Å². The van der Waals surface area contributed by atoms with Gasteiger partial charge < -0.3 is 33.9 Å². The normalized spacial score (nSPS) is 37.2. The highest BCUT2D eigenvalue weighted by Crippen LogP contribution is 2.44. The summed E-state index contributed by atoms with van der Waals surface area (Å²) in [6.07, 6.45) is 1.25. The van der Waals surface area contributed by atoms with Crippen LogP contribution in [0.25, 0.3) is 0 Å². The summed E-state index contributed by atoms with van der Waals surface area (Å²) in [5.74, 6) is 0.421. The third-order valence-corrected chi connectivity index (χ3v) is 8.59. The Morgan fingerprint density at radius 3 is 1.85 bits per heavy atom. The van der Waals surface area contributed by atoms with Crippen LogP contribution in [0.3, 0.4) is 0 Å². The fourth-order valence-electron chi connectivity index (χ4n) is 6.59. The van der Waals surface area contributed by atoms with Gasteiger partial charge in [-0.3, -0.25) is 4.79 Å². The third-order valence-electron chi connectivity index (χ3n) is 8.59. The first kappa shape index (κ1) is 28.2. The lowest BCUT2D eigenvalue weighted by Crippen LogP contribution is -2.36. The highest BCUT2D eigenvalue weighted by molar-refractivity contribution is 5.66. The Morgan fingerprint density at radius 2 is 1.36 bits per heavy atom. The van der Waals surface area contributed by atoms with Crippen molar-refractivity contribution in [1.29, 1.82) is 0 Å². The summed E-state index contributed by atoms with van der Waals surface area (Å²) in [5.41, 5.74) is 2.04. The molecule has 2 saturated carbocycles. The lowest BCUT2D eigenvalue weighted by molar-refractivity contribution is -0.239. The number of esters is 1. The van der Waals surface area contributed by atoms with Gasteiger partial charge >= 0.3 is 5.97 Å². The number of carbonyl (C=O) groups is 1. The molecule has 8 heteroatoms. The van der Waals surface area contributed by atoms with E-state index in [-0.39, 0.29) is 55.3 Å². The number of ether oxygens (including phenoxy) is 5. The van der Waals surface area contributed by atoms with Crippen LogP contribution in [-0.4, -0.2) is 60.4 Å². The van der Waals surface area contributed by atoms with Gasteiger partial charge in [0.15, 0.2) is 12.6 Å². The molecule has 2 aliphatic carbocycles. The van der Waals surface area contributed by atoms with Crippen LogP contribution in [0.1, 0.15) is 56.8 Å². The molecule has 6 rings (SSSR count). The third kappa shape index (κ3) is 6.37. The topological polar surface area (TPSA) is 104 Å². The largest absolute Gasteiger partial charge is 0.462 e. The van der Waals surface area contributed by atoms with Gasteiger partial charge in [-0.2, -0.15) is 0 Å². The molecule has 4 fully saturated rings. The summed E-state index contributed by atoms with van der Waals surface area (Å²) in [4.78, 5) is 11.3. The van der Waals surface area contributed by atoms with Gasteiger partial charge in [0, 0.05) is 61.2 Å². The Morgan fingerprint density at radius 1 is 0.846 bits per heavy atom. The zero-order valence-electron chi connectivity index (χ0n) is 22.6. The van der Waals surface area contributed by atoms with Crippen molar-refractivity contribution in [3.05, 3.63) is 71.8 Å². The minimum atomic E-state index is -0.483. The predicted molar refractivity (Wildman–Crippen MR) is 142 cm³/mol. The fourth-order valence-corrected chi connectivity index (χ4v) is 6.59. The molecular weight excluding hydrogens is 500 g/mol. The van der Waals surface area contributed by atoms with Gasteiger partial charge in [-0.1, -0.05) is 67.6 Å². The van der Waals surface area contributed by atoms with E-state index in [0.717, 1.165) is 24.0 Å². The average Bonchev–Trinajstić information content (AvgIpc) is 3.47. The maximum Gasteiger partial charge on any atom is 0.302 e. The molecule has 2 aromatic carbocycles. The number of hydrogen-bond donors (Lipinski definition) is 2. The highest BCUT2D eigenvalue weighted by atomic mass is 16.7. The smallest absolute Gasteiger partial charge is 0.302 e. The maximum absolute atomic E-state index is 11.3. The van der Waals surface area contributed by atoms with Crippen LogP contribution in [0, 0.1) is 23.7 Å². The Balaban J connectivity index is 0.000000160. The molecule has 2 heterocycles. The standard InChI is InChI=1S/C17H22O4.C14H18O4/c1-3-13-14-10-19-17(12-7-5-4-6-8-12)21-16(14)9-15(13)20-11(2)18;15-7-10-11-8-17-14(9-4-2-1-3-5-9)18-13(11)6-12(10)16/h4-8,13-17H,3,9-10H2,1-2H3;1-5,10-16H,6-8H2/t13-,14-,15+,16-,17?;10-,11-,12+,13-,14?/m00/s1. The van der Waals surface area contributed by atoms with Crippen molar-refractivity contribution in [2.45, 2.75) is 70.1 Å². The zero-order chi connectivity index (χ0) is 27.4. The van der Waals surface area contributed by atoms with Gasteiger partial charge in [0.25, 0.3) is 0 Å². The molecule has 10 atom stereocenters. The van der Waals surface area contributed by atoms with Crippen molar-refractivity contribution in [3.63, 3.8) is 0 Å². The number of aliphatic hydroxyl groups excluding tert-OH is 2. The molecule has 0 radical (unpaired) electrons. The molecule has 2 unspecified atom stereocenters. The summed E-state index contributed by atoms with van der Waals surface area (Å²) in [7, 11) is 0. The van der Waals surface area contributed by atoms with Gasteiger partial charge in [-0.25, -0.2) is 0 Å². The molecule has 0 bridgehead atoms. The number of carbonyl (C=O) groups excluding carboxylic acids is 1. The van der Waals surface area contributed by atoms with Gasteiger partial charge in [-0.15, -0.1) is 0 Å². The molecule has 0 aromatic heterocycles. The van der Waals surface area contributed by atoms with E-state index in [9.17, 15) is 15.0 Å². The van der Waals surface area contributed by atoms with Crippen LogP contribution in [0.2, 0.25) is 0 Å². The van der Waals surface area contributed by atoms with E-state index >= 15 is 0 Å². The molecule has 2 aliphatic heterocycles. The summed E-state index contributed by atoms with van der Waals surface area (Å²) >= 11 is 0. The molecular formula is C31H40O8. The Labute approximate surface area is 230 Å².